The minimum absolute atomic E-state index is 0.233. The monoisotopic (exact) mass is 1350 g/mol. The predicted molar refractivity (Wildman–Crippen MR) is 374 cm³/mol. The maximum Gasteiger partial charge on any atom is 0.220 e. The Balaban J connectivity index is 1.23. The Kier molecular flexibility index (Phi) is 52.2. The maximum atomic E-state index is 13.3. The number of carbonyl (C=O) groups excluding carboxylic acids is 1. The zero-order valence-corrected chi connectivity index (χ0v) is 58.9. The van der Waals surface area contributed by atoms with Gasteiger partial charge >= 0.3 is 0 Å². The third kappa shape index (κ3) is 38.2. The molecular weight excluding hydrogens is 1210 g/mol. The van der Waals surface area contributed by atoms with Crippen LogP contribution in [0.25, 0.3) is 0 Å². The van der Waals surface area contributed by atoms with Gasteiger partial charge in [-0.15, -0.1) is 0 Å². The average Bonchev–Trinajstić information content (AvgIpc) is 0.795. The van der Waals surface area contributed by atoms with Gasteiger partial charge in [-0.2, -0.15) is 0 Å². The molecule has 0 radical (unpaired) electrons. The normalized spacial score (nSPS) is 27.5. The minimum Gasteiger partial charge on any atom is -0.394 e. The van der Waals surface area contributed by atoms with Crippen LogP contribution in [0.4, 0.5) is 0 Å². The largest absolute Gasteiger partial charge is 0.394 e. The third-order valence-corrected chi connectivity index (χ3v) is 18.9. The van der Waals surface area contributed by atoms with Gasteiger partial charge in [-0.3, -0.25) is 4.79 Å². The standard InChI is InChI=1S/C76H137NO18/c1-3-5-7-9-11-13-14-15-16-17-18-19-20-21-22-23-24-25-26-27-28-29-30-31-32-33-34-35-36-37-38-39-40-41-42-43-44-46-48-50-52-54-64(82)77-59(60(81)53-51-49-47-45-12-10-8-6-4-2)58-90-74-70(88)67(85)72(62(56-79)92-74)95-76-71(89)68(86)73(63(57-80)93-76)94-75-69(87)66(84)65(83)61(55-78)91-75/h4,6,12,14-15,17-18,45,51,53,59-63,65-76,78-81,83-89H,3,5,7-11,13,16,19-44,46-50,52,54-58H2,1-2H3,(H,77,82)/b6-4+,15-14-,18-17-,45-12+,53-51+. The SMILES string of the molecule is C/C=C/CC/C=C/CC/C=C/C(O)C(COC1OC(CO)C(OC2OC(CO)C(OC3OC(CO)C(O)C(O)C3O)C(O)C2O)C(O)C1O)NC(=O)CCCCCCCCCCCCCCCCCCCCCCCCCCCCCCC/C=C\C/C=C\CCCCCCC. The average molecular weight is 1350 g/mol. The number of aliphatic hydroxyl groups excluding tert-OH is 11. The zero-order valence-electron chi connectivity index (χ0n) is 58.9. The lowest BCUT2D eigenvalue weighted by molar-refractivity contribution is -0.379. The second-order valence-corrected chi connectivity index (χ2v) is 27.1. The van der Waals surface area contributed by atoms with Gasteiger partial charge in [-0.1, -0.05) is 267 Å². The van der Waals surface area contributed by atoms with Crippen molar-refractivity contribution in [3.63, 3.8) is 0 Å². The summed E-state index contributed by atoms with van der Waals surface area (Å²) in [4.78, 5) is 13.3. The number of aliphatic hydroxyl groups is 11. The van der Waals surface area contributed by atoms with Crippen molar-refractivity contribution in [3.8, 4) is 0 Å². The smallest absolute Gasteiger partial charge is 0.220 e. The predicted octanol–water partition coefficient (Wildman–Crippen LogP) is 11.5. The number of rotatable bonds is 59. The first-order valence-electron chi connectivity index (χ1n) is 38.0. The van der Waals surface area contributed by atoms with Gasteiger partial charge in [0.2, 0.25) is 5.91 Å². The molecule has 3 aliphatic heterocycles. The summed E-state index contributed by atoms with van der Waals surface area (Å²) in [6, 6.07) is -0.994. The minimum atomic E-state index is -1.98. The lowest BCUT2D eigenvalue weighted by Crippen LogP contribution is -2.66. The van der Waals surface area contributed by atoms with Gasteiger partial charge in [0.15, 0.2) is 18.9 Å². The van der Waals surface area contributed by atoms with E-state index in [-0.39, 0.29) is 18.9 Å². The highest BCUT2D eigenvalue weighted by atomic mass is 16.8. The quantitative estimate of drug-likeness (QED) is 0.0199. The lowest BCUT2D eigenvalue weighted by Gasteiger charge is -2.48. The van der Waals surface area contributed by atoms with Crippen molar-refractivity contribution in [1.82, 2.24) is 5.32 Å². The molecule has 0 bridgehead atoms. The second kappa shape index (κ2) is 57.2. The van der Waals surface area contributed by atoms with Crippen LogP contribution in [0.3, 0.4) is 0 Å². The molecule has 12 N–H and O–H groups in total. The number of unbranched alkanes of at least 4 members (excludes halogenated alkanes) is 36. The second-order valence-electron chi connectivity index (χ2n) is 27.1. The molecule has 19 heteroatoms. The Morgan fingerprint density at radius 2 is 0.747 bits per heavy atom. The molecule has 3 fully saturated rings. The summed E-state index contributed by atoms with van der Waals surface area (Å²) < 4.78 is 34.2. The summed E-state index contributed by atoms with van der Waals surface area (Å²) in [5, 5.41) is 120. The number of amides is 1. The molecule has 17 atom stereocenters. The summed E-state index contributed by atoms with van der Waals surface area (Å²) in [6.45, 7) is 1.46. The molecule has 0 aromatic carbocycles. The fourth-order valence-corrected chi connectivity index (χ4v) is 12.7. The van der Waals surface area contributed by atoms with Gasteiger partial charge in [0, 0.05) is 6.42 Å². The van der Waals surface area contributed by atoms with E-state index in [4.69, 9.17) is 28.4 Å². The molecule has 95 heavy (non-hydrogen) atoms. The number of carbonyl (C=O) groups is 1. The summed E-state index contributed by atoms with van der Waals surface area (Å²) >= 11 is 0. The van der Waals surface area contributed by atoms with Crippen molar-refractivity contribution < 1.29 is 89.4 Å². The fourth-order valence-electron chi connectivity index (χ4n) is 12.7. The van der Waals surface area contributed by atoms with Crippen LogP contribution < -0.4 is 5.32 Å². The van der Waals surface area contributed by atoms with Gasteiger partial charge in [-0.05, 0) is 71.1 Å². The van der Waals surface area contributed by atoms with Gasteiger partial charge in [0.1, 0.15) is 73.2 Å². The molecule has 17 unspecified atom stereocenters. The number of allylic oxidation sites excluding steroid dienone is 9. The fraction of sp³-hybridized carbons (Fsp3) is 0.855. The molecule has 3 aliphatic rings. The molecule has 3 saturated heterocycles. The lowest BCUT2D eigenvalue weighted by atomic mass is 9.96. The van der Waals surface area contributed by atoms with Crippen molar-refractivity contribution in [2.75, 3.05) is 26.4 Å². The van der Waals surface area contributed by atoms with E-state index in [1.54, 1.807) is 6.08 Å². The van der Waals surface area contributed by atoms with E-state index >= 15 is 0 Å². The van der Waals surface area contributed by atoms with Crippen molar-refractivity contribution in [2.24, 2.45) is 0 Å². The topological polar surface area (TPSA) is 307 Å². The molecule has 554 valence electrons. The highest BCUT2D eigenvalue weighted by Gasteiger charge is 2.53. The highest BCUT2D eigenvalue weighted by Crippen LogP contribution is 2.33. The zero-order chi connectivity index (χ0) is 68.9. The molecule has 1 amide bonds. The molecule has 0 aromatic rings. The molecule has 3 heterocycles. The van der Waals surface area contributed by atoms with E-state index in [2.05, 4.69) is 54.8 Å². The van der Waals surface area contributed by atoms with E-state index in [9.17, 15) is 61.0 Å². The summed E-state index contributed by atoms with van der Waals surface area (Å²) in [5.74, 6) is -0.290. The van der Waals surface area contributed by atoms with Crippen LogP contribution in [0.15, 0.2) is 60.8 Å². The molecule has 0 spiro atoms. The van der Waals surface area contributed by atoms with Crippen molar-refractivity contribution in [1.29, 1.82) is 0 Å². The first-order valence-corrected chi connectivity index (χ1v) is 38.0. The summed E-state index contributed by atoms with van der Waals surface area (Å²) in [6.07, 6.45) is 46.0. The van der Waals surface area contributed by atoms with Crippen LogP contribution in [-0.4, -0.2) is 193 Å². The van der Waals surface area contributed by atoms with Crippen molar-refractivity contribution in [3.05, 3.63) is 60.8 Å². The highest BCUT2D eigenvalue weighted by molar-refractivity contribution is 5.76. The van der Waals surface area contributed by atoms with Crippen LogP contribution in [-0.2, 0) is 33.2 Å². The molecule has 0 aromatic heterocycles. The van der Waals surface area contributed by atoms with E-state index in [1.807, 2.05) is 19.1 Å². The molecular formula is C76H137NO18. The van der Waals surface area contributed by atoms with Crippen LogP contribution in [0.1, 0.15) is 284 Å². The number of hydrogen-bond acceptors (Lipinski definition) is 18. The Hall–Kier alpha value is -2.51. The molecule has 0 saturated carbocycles. The van der Waals surface area contributed by atoms with Crippen molar-refractivity contribution >= 4 is 5.91 Å². The molecule has 0 aliphatic carbocycles. The van der Waals surface area contributed by atoms with E-state index in [0.717, 1.165) is 44.9 Å². The van der Waals surface area contributed by atoms with Gasteiger partial charge < -0.3 is 89.9 Å². The Morgan fingerprint density at radius 3 is 1.17 bits per heavy atom. The van der Waals surface area contributed by atoms with E-state index in [0.29, 0.717) is 12.8 Å². The van der Waals surface area contributed by atoms with Gasteiger partial charge in [0.25, 0.3) is 0 Å². The Bertz CT molecular complexity index is 1950. The van der Waals surface area contributed by atoms with E-state index in [1.165, 1.54) is 205 Å². The third-order valence-electron chi connectivity index (χ3n) is 18.9. The van der Waals surface area contributed by atoms with Crippen LogP contribution in [0.2, 0.25) is 0 Å². The van der Waals surface area contributed by atoms with Crippen LogP contribution in [0.5, 0.6) is 0 Å². The first kappa shape index (κ1) is 86.7. The van der Waals surface area contributed by atoms with E-state index < -0.39 is 124 Å². The maximum absolute atomic E-state index is 13.3. The number of ether oxygens (including phenoxy) is 6. The molecule has 3 rings (SSSR count). The first-order chi connectivity index (χ1) is 46.3. The van der Waals surface area contributed by atoms with Gasteiger partial charge in [0.05, 0.1) is 38.6 Å². The number of nitrogens with one attached hydrogen (secondary N) is 1. The van der Waals surface area contributed by atoms with Crippen LogP contribution in [0, 0.1) is 0 Å². The summed E-state index contributed by atoms with van der Waals surface area (Å²) in [5.41, 5.74) is 0. The molecule has 19 nitrogen and oxygen atoms in total. The number of hydrogen-bond donors (Lipinski definition) is 12. The van der Waals surface area contributed by atoms with Gasteiger partial charge in [-0.25, -0.2) is 0 Å². The van der Waals surface area contributed by atoms with Crippen molar-refractivity contribution in [2.45, 2.75) is 388 Å². The Labute approximate surface area is 573 Å². The van der Waals surface area contributed by atoms with Crippen LogP contribution >= 0.6 is 0 Å². The Morgan fingerprint density at radius 1 is 0.400 bits per heavy atom. The summed E-state index contributed by atoms with van der Waals surface area (Å²) in [7, 11) is 0.